The predicted octanol–water partition coefficient (Wildman–Crippen LogP) is 2.06. The van der Waals surface area contributed by atoms with Crippen molar-refractivity contribution in [1.29, 1.82) is 0 Å². The second kappa shape index (κ2) is 5.85. The molecule has 1 aromatic rings. The van der Waals surface area contributed by atoms with Crippen LogP contribution < -0.4 is 16.0 Å². The summed E-state index contributed by atoms with van der Waals surface area (Å²) in [5.74, 6) is 0.323. The van der Waals surface area contributed by atoms with Crippen LogP contribution in [0.15, 0.2) is 23.1 Å². The van der Waals surface area contributed by atoms with Gasteiger partial charge in [0.1, 0.15) is 0 Å². The van der Waals surface area contributed by atoms with Crippen molar-refractivity contribution >= 4 is 35.0 Å². The molecule has 6 heteroatoms. The molecular weight excluding hydrogens is 274 g/mol. The fourth-order valence-electron chi connectivity index (χ4n) is 1.71. The van der Waals surface area contributed by atoms with Gasteiger partial charge in [0.2, 0.25) is 11.8 Å². The van der Waals surface area contributed by atoms with Crippen LogP contribution in [-0.4, -0.2) is 29.7 Å². The van der Waals surface area contributed by atoms with E-state index in [1.165, 1.54) is 11.8 Å². The van der Waals surface area contributed by atoms with Gasteiger partial charge in [-0.2, -0.15) is 0 Å². The van der Waals surface area contributed by atoms with E-state index >= 15 is 0 Å². The molecule has 1 aliphatic rings. The minimum atomic E-state index is -0.102. The van der Waals surface area contributed by atoms with Crippen molar-refractivity contribution in [2.24, 2.45) is 0 Å². The van der Waals surface area contributed by atoms with Crippen molar-refractivity contribution in [3.63, 3.8) is 0 Å². The minimum Gasteiger partial charge on any atom is -0.325 e. The van der Waals surface area contributed by atoms with Crippen molar-refractivity contribution in [1.82, 2.24) is 5.32 Å². The highest BCUT2D eigenvalue weighted by Crippen LogP contribution is 2.33. The average molecular weight is 293 g/mol. The number of nitrogens with one attached hydrogen (secondary N) is 3. The maximum atomic E-state index is 11.8. The molecule has 0 saturated heterocycles. The molecule has 2 amide bonds. The van der Waals surface area contributed by atoms with E-state index < -0.39 is 0 Å². The first-order valence-corrected chi connectivity index (χ1v) is 7.44. The summed E-state index contributed by atoms with van der Waals surface area (Å²) in [5.41, 5.74) is 1.35. The summed E-state index contributed by atoms with van der Waals surface area (Å²) in [5, 5.41) is 8.75. The van der Waals surface area contributed by atoms with E-state index in [9.17, 15) is 9.59 Å². The van der Waals surface area contributed by atoms with Crippen LogP contribution >= 0.6 is 11.8 Å². The number of carbonyl (C=O) groups is 2. The van der Waals surface area contributed by atoms with E-state index in [-0.39, 0.29) is 23.9 Å². The van der Waals surface area contributed by atoms with Gasteiger partial charge in [-0.25, -0.2) is 0 Å². The van der Waals surface area contributed by atoms with Gasteiger partial charge in [-0.1, -0.05) is 0 Å². The van der Waals surface area contributed by atoms with Gasteiger partial charge in [0.05, 0.1) is 18.0 Å². The highest BCUT2D eigenvalue weighted by Gasteiger charge is 2.16. The SMILES string of the molecule is CC(C)(C)NCC(=O)Nc1ccc2c(c1)NC(=O)CS2. The summed E-state index contributed by atoms with van der Waals surface area (Å²) in [7, 11) is 0. The lowest BCUT2D eigenvalue weighted by Gasteiger charge is -2.20. The zero-order valence-corrected chi connectivity index (χ0v) is 12.7. The van der Waals surface area contributed by atoms with E-state index in [4.69, 9.17) is 0 Å². The topological polar surface area (TPSA) is 70.2 Å². The first-order valence-electron chi connectivity index (χ1n) is 6.45. The van der Waals surface area contributed by atoms with Crippen molar-refractivity contribution < 1.29 is 9.59 Å². The molecule has 0 fully saturated rings. The van der Waals surface area contributed by atoms with Gasteiger partial charge < -0.3 is 16.0 Å². The highest BCUT2D eigenvalue weighted by atomic mass is 32.2. The summed E-state index contributed by atoms with van der Waals surface area (Å²) in [4.78, 5) is 24.2. The number of rotatable bonds is 3. The normalized spacial score (nSPS) is 14.4. The van der Waals surface area contributed by atoms with Crippen molar-refractivity contribution in [2.75, 3.05) is 22.9 Å². The zero-order chi connectivity index (χ0) is 14.8. The molecule has 0 atom stereocenters. The smallest absolute Gasteiger partial charge is 0.238 e. The molecule has 0 saturated carbocycles. The Bertz CT molecular complexity index is 538. The number of thioether (sulfide) groups is 1. The molecule has 1 aromatic carbocycles. The average Bonchev–Trinajstić information content (AvgIpc) is 2.35. The molecule has 20 heavy (non-hydrogen) atoms. The Morgan fingerprint density at radius 1 is 1.40 bits per heavy atom. The van der Waals surface area contributed by atoms with Crippen LogP contribution in [0.1, 0.15) is 20.8 Å². The molecule has 1 heterocycles. The molecule has 0 aromatic heterocycles. The quantitative estimate of drug-likeness (QED) is 0.798. The summed E-state index contributed by atoms with van der Waals surface area (Å²) < 4.78 is 0. The van der Waals surface area contributed by atoms with Crippen LogP contribution in [0.2, 0.25) is 0 Å². The van der Waals surface area contributed by atoms with Crippen molar-refractivity contribution in [2.45, 2.75) is 31.2 Å². The van der Waals surface area contributed by atoms with Crippen molar-refractivity contribution in [3.05, 3.63) is 18.2 Å². The van der Waals surface area contributed by atoms with Crippen LogP contribution in [0, 0.1) is 0 Å². The van der Waals surface area contributed by atoms with Gasteiger partial charge in [0.25, 0.3) is 0 Å². The minimum absolute atomic E-state index is 0.0135. The highest BCUT2D eigenvalue weighted by molar-refractivity contribution is 8.00. The lowest BCUT2D eigenvalue weighted by molar-refractivity contribution is -0.116. The monoisotopic (exact) mass is 293 g/mol. The third-order valence-corrected chi connectivity index (χ3v) is 3.75. The molecule has 0 spiro atoms. The Kier molecular flexibility index (Phi) is 4.35. The number of fused-ring (bicyclic) bond motifs is 1. The fourth-order valence-corrected chi connectivity index (χ4v) is 2.50. The van der Waals surface area contributed by atoms with Gasteiger partial charge in [-0.05, 0) is 39.0 Å². The molecule has 3 N–H and O–H groups in total. The lowest BCUT2D eigenvalue weighted by atomic mass is 10.1. The fraction of sp³-hybridized carbons (Fsp3) is 0.429. The van der Waals surface area contributed by atoms with Gasteiger partial charge in [0, 0.05) is 16.1 Å². The summed E-state index contributed by atoms with van der Waals surface area (Å²) in [6, 6.07) is 5.54. The van der Waals surface area contributed by atoms with Gasteiger partial charge in [0.15, 0.2) is 0 Å². The Morgan fingerprint density at radius 2 is 2.15 bits per heavy atom. The molecule has 0 radical (unpaired) electrons. The van der Waals surface area contributed by atoms with E-state index in [1.807, 2.05) is 32.9 Å². The van der Waals surface area contributed by atoms with Gasteiger partial charge in [-0.15, -0.1) is 11.8 Å². The number of anilines is 2. The maximum Gasteiger partial charge on any atom is 0.238 e. The molecule has 2 rings (SSSR count). The predicted molar refractivity (Wildman–Crippen MR) is 82.2 cm³/mol. The second-order valence-corrected chi connectivity index (χ2v) is 6.72. The Labute approximate surface area is 122 Å². The van der Waals surface area contributed by atoms with Gasteiger partial charge >= 0.3 is 0 Å². The number of hydrogen-bond acceptors (Lipinski definition) is 4. The third-order valence-electron chi connectivity index (χ3n) is 2.68. The van der Waals surface area contributed by atoms with Crippen LogP contribution in [0.25, 0.3) is 0 Å². The summed E-state index contributed by atoms with van der Waals surface area (Å²) >= 11 is 1.50. The van der Waals surface area contributed by atoms with Crippen LogP contribution in [-0.2, 0) is 9.59 Å². The molecule has 0 bridgehead atoms. The van der Waals surface area contributed by atoms with Crippen LogP contribution in [0.3, 0.4) is 0 Å². The number of amides is 2. The summed E-state index contributed by atoms with van der Waals surface area (Å²) in [6.07, 6.45) is 0. The molecular formula is C14H19N3O2S. The first kappa shape index (κ1) is 14.9. The van der Waals surface area contributed by atoms with Crippen molar-refractivity contribution in [3.8, 4) is 0 Å². The van der Waals surface area contributed by atoms with Crippen LogP contribution in [0.4, 0.5) is 11.4 Å². The summed E-state index contributed by atoms with van der Waals surface area (Å²) in [6.45, 7) is 6.27. The molecule has 1 aliphatic heterocycles. The Balaban J connectivity index is 1.98. The molecule has 5 nitrogen and oxygen atoms in total. The third kappa shape index (κ3) is 4.25. The first-order chi connectivity index (χ1) is 9.33. The van der Waals surface area contributed by atoms with E-state index in [0.717, 1.165) is 10.6 Å². The second-order valence-electron chi connectivity index (χ2n) is 5.70. The zero-order valence-electron chi connectivity index (χ0n) is 11.9. The molecule has 108 valence electrons. The van der Waals surface area contributed by atoms with E-state index in [2.05, 4.69) is 16.0 Å². The van der Waals surface area contributed by atoms with Crippen LogP contribution in [0.5, 0.6) is 0 Å². The Hall–Kier alpha value is -1.53. The number of hydrogen-bond donors (Lipinski definition) is 3. The Morgan fingerprint density at radius 3 is 2.85 bits per heavy atom. The van der Waals surface area contributed by atoms with E-state index in [1.54, 1.807) is 6.07 Å². The number of benzene rings is 1. The number of carbonyl (C=O) groups excluding carboxylic acids is 2. The maximum absolute atomic E-state index is 11.8. The molecule has 0 unspecified atom stereocenters. The largest absolute Gasteiger partial charge is 0.325 e. The van der Waals surface area contributed by atoms with E-state index in [0.29, 0.717) is 11.4 Å². The molecule has 0 aliphatic carbocycles. The van der Waals surface area contributed by atoms with Gasteiger partial charge in [-0.3, -0.25) is 9.59 Å². The standard InChI is InChI=1S/C14H19N3O2S/c1-14(2,3)15-7-12(18)16-9-4-5-11-10(6-9)17-13(19)8-20-11/h4-6,15H,7-8H2,1-3H3,(H,16,18)(H,17,19). The lowest BCUT2D eigenvalue weighted by Crippen LogP contribution is -2.41.